The van der Waals surface area contributed by atoms with E-state index in [0.717, 1.165) is 13.1 Å². The van der Waals surface area contributed by atoms with Gasteiger partial charge in [-0.2, -0.15) is 0 Å². The van der Waals surface area contributed by atoms with Gasteiger partial charge < -0.3 is 16.4 Å². The molecular formula is C19H29ClN4O2. The van der Waals surface area contributed by atoms with E-state index in [9.17, 15) is 9.59 Å². The summed E-state index contributed by atoms with van der Waals surface area (Å²) in [5, 5.41) is 0. The Morgan fingerprint density at radius 2 is 1.73 bits per heavy atom. The summed E-state index contributed by atoms with van der Waals surface area (Å²) in [6.07, 6.45) is 1.33. The van der Waals surface area contributed by atoms with E-state index in [1.54, 1.807) is 0 Å². The summed E-state index contributed by atoms with van der Waals surface area (Å²) in [7, 11) is 0. The number of benzene rings is 1. The summed E-state index contributed by atoms with van der Waals surface area (Å²) in [5.74, 6) is 0.0410. The maximum Gasteiger partial charge on any atom is 0.239 e. The number of nitrogens with zero attached hydrogens (tertiary/aromatic N) is 2. The van der Waals surface area contributed by atoms with Gasteiger partial charge in [-0.3, -0.25) is 14.5 Å². The van der Waals surface area contributed by atoms with E-state index in [1.807, 2.05) is 30.0 Å². The molecule has 144 valence electrons. The zero-order valence-corrected chi connectivity index (χ0v) is 16.0. The average molecular weight is 381 g/mol. The molecular weight excluding hydrogens is 352 g/mol. The number of hydrogen-bond acceptors (Lipinski definition) is 4. The minimum atomic E-state index is -0.253. The van der Waals surface area contributed by atoms with Crippen molar-refractivity contribution in [2.75, 3.05) is 26.2 Å². The van der Waals surface area contributed by atoms with Crippen LogP contribution in [0.3, 0.4) is 0 Å². The number of piperidine rings is 1. The number of likely N-dealkylation sites (tertiary alicyclic amines) is 2. The second-order valence-corrected chi connectivity index (χ2v) is 7.31. The van der Waals surface area contributed by atoms with Gasteiger partial charge in [0.1, 0.15) is 0 Å². The maximum absolute atomic E-state index is 12.8. The molecule has 2 aliphatic heterocycles. The van der Waals surface area contributed by atoms with Gasteiger partial charge in [0.15, 0.2) is 0 Å². The highest BCUT2D eigenvalue weighted by atomic mass is 35.5. The quantitative estimate of drug-likeness (QED) is 0.813. The fraction of sp³-hybridized carbons (Fsp3) is 0.579. The number of carbonyl (C=O) groups excluding carboxylic acids is 2. The van der Waals surface area contributed by atoms with E-state index in [2.05, 4.69) is 17.0 Å². The molecule has 4 N–H and O–H groups in total. The van der Waals surface area contributed by atoms with Crippen LogP contribution in [0.25, 0.3) is 0 Å². The van der Waals surface area contributed by atoms with Gasteiger partial charge in [0.2, 0.25) is 11.8 Å². The summed E-state index contributed by atoms with van der Waals surface area (Å²) in [6.45, 7) is 4.71. The Morgan fingerprint density at radius 1 is 1.12 bits per heavy atom. The average Bonchev–Trinajstić information content (AvgIpc) is 3.03. The van der Waals surface area contributed by atoms with Crippen LogP contribution in [0.4, 0.5) is 0 Å². The van der Waals surface area contributed by atoms with Gasteiger partial charge in [0, 0.05) is 44.1 Å². The Labute approximate surface area is 161 Å². The summed E-state index contributed by atoms with van der Waals surface area (Å²) in [6, 6.07) is 10.1. The highest BCUT2D eigenvalue weighted by molar-refractivity contribution is 5.85. The molecule has 3 atom stereocenters. The van der Waals surface area contributed by atoms with Crippen molar-refractivity contribution < 1.29 is 9.59 Å². The van der Waals surface area contributed by atoms with Crippen LogP contribution in [0.5, 0.6) is 0 Å². The molecule has 1 aromatic rings. The topological polar surface area (TPSA) is 92.7 Å². The second-order valence-electron chi connectivity index (χ2n) is 7.31. The van der Waals surface area contributed by atoms with Crippen LogP contribution in [-0.2, 0) is 9.59 Å². The Kier molecular flexibility index (Phi) is 7.03. The normalized spacial score (nSPS) is 25.5. The van der Waals surface area contributed by atoms with Crippen molar-refractivity contribution in [2.45, 2.75) is 37.8 Å². The van der Waals surface area contributed by atoms with Gasteiger partial charge in [-0.05, 0) is 25.3 Å². The third-order valence-electron chi connectivity index (χ3n) is 5.74. The summed E-state index contributed by atoms with van der Waals surface area (Å²) < 4.78 is 0. The lowest BCUT2D eigenvalue weighted by molar-refractivity contribution is -0.139. The van der Waals surface area contributed by atoms with Crippen molar-refractivity contribution in [2.24, 2.45) is 17.4 Å². The first-order chi connectivity index (χ1) is 12.0. The molecule has 26 heavy (non-hydrogen) atoms. The minimum absolute atomic E-state index is 0. The summed E-state index contributed by atoms with van der Waals surface area (Å²) >= 11 is 0. The third-order valence-corrected chi connectivity index (χ3v) is 5.74. The van der Waals surface area contributed by atoms with Crippen molar-refractivity contribution in [3.63, 3.8) is 0 Å². The predicted molar refractivity (Wildman–Crippen MR) is 104 cm³/mol. The van der Waals surface area contributed by atoms with E-state index < -0.39 is 0 Å². The highest BCUT2D eigenvalue weighted by Gasteiger charge is 2.37. The number of carbonyl (C=O) groups is 2. The van der Waals surface area contributed by atoms with Crippen LogP contribution in [0, 0.1) is 5.92 Å². The number of halogens is 1. The third kappa shape index (κ3) is 4.37. The molecule has 0 bridgehead atoms. The fourth-order valence-electron chi connectivity index (χ4n) is 4.03. The molecule has 6 nitrogen and oxygen atoms in total. The van der Waals surface area contributed by atoms with E-state index in [1.165, 1.54) is 5.56 Å². The lowest BCUT2D eigenvalue weighted by atomic mass is 9.95. The predicted octanol–water partition coefficient (Wildman–Crippen LogP) is 0.947. The SMILES string of the molecule is CC(C(=O)N1CCC(C(N)=O)CC1)N1C[C@@H](N)[C@H](c2ccccc2)C1.Cl. The monoisotopic (exact) mass is 380 g/mol. The van der Waals surface area contributed by atoms with Crippen LogP contribution in [-0.4, -0.2) is 59.9 Å². The Bertz CT molecular complexity index is 619. The van der Waals surface area contributed by atoms with E-state index in [4.69, 9.17) is 11.5 Å². The Hall–Kier alpha value is -1.63. The lowest BCUT2D eigenvalue weighted by Gasteiger charge is -2.34. The molecule has 0 aromatic heterocycles. The van der Waals surface area contributed by atoms with Crippen LogP contribution < -0.4 is 11.5 Å². The molecule has 2 fully saturated rings. The zero-order chi connectivity index (χ0) is 18.0. The van der Waals surface area contributed by atoms with Crippen LogP contribution in [0.1, 0.15) is 31.2 Å². The number of primary amides is 1. The minimum Gasteiger partial charge on any atom is -0.369 e. The fourth-order valence-corrected chi connectivity index (χ4v) is 4.03. The zero-order valence-electron chi connectivity index (χ0n) is 15.2. The van der Waals surface area contributed by atoms with Gasteiger partial charge in [-0.15, -0.1) is 12.4 Å². The largest absolute Gasteiger partial charge is 0.369 e. The van der Waals surface area contributed by atoms with Crippen molar-refractivity contribution in [3.8, 4) is 0 Å². The van der Waals surface area contributed by atoms with E-state index >= 15 is 0 Å². The maximum atomic E-state index is 12.8. The molecule has 2 saturated heterocycles. The first kappa shape index (κ1) is 20.7. The molecule has 0 aliphatic carbocycles. The first-order valence-corrected chi connectivity index (χ1v) is 9.10. The molecule has 0 saturated carbocycles. The van der Waals surface area contributed by atoms with E-state index in [-0.39, 0.29) is 48.1 Å². The van der Waals surface area contributed by atoms with Gasteiger partial charge >= 0.3 is 0 Å². The molecule has 3 rings (SSSR count). The van der Waals surface area contributed by atoms with Crippen molar-refractivity contribution in [1.29, 1.82) is 0 Å². The molecule has 1 unspecified atom stereocenters. The van der Waals surface area contributed by atoms with Crippen molar-refractivity contribution in [1.82, 2.24) is 9.80 Å². The number of amides is 2. The second kappa shape index (κ2) is 8.84. The van der Waals surface area contributed by atoms with Gasteiger partial charge in [0.25, 0.3) is 0 Å². The lowest BCUT2D eigenvalue weighted by Crippen LogP contribution is -2.50. The number of nitrogens with two attached hydrogens (primary N) is 2. The van der Waals surface area contributed by atoms with Gasteiger partial charge in [0.05, 0.1) is 6.04 Å². The summed E-state index contributed by atoms with van der Waals surface area (Å²) in [4.78, 5) is 28.2. The molecule has 0 spiro atoms. The standard InChI is InChI=1S/C19H28N4O2.ClH/c1-13(19(25)22-9-7-15(8-10-22)18(21)24)23-11-16(17(20)12-23)14-5-3-2-4-6-14;/h2-6,13,15-17H,7-12,20H2,1H3,(H2,21,24);1H/t13?,16-,17+;/m0./s1. The van der Waals surface area contributed by atoms with Crippen molar-refractivity contribution >= 4 is 24.2 Å². The first-order valence-electron chi connectivity index (χ1n) is 9.10. The highest BCUT2D eigenvalue weighted by Crippen LogP contribution is 2.28. The smallest absolute Gasteiger partial charge is 0.239 e. The van der Waals surface area contributed by atoms with Crippen LogP contribution in [0.15, 0.2) is 30.3 Å². The van der Waals surface area contributed by atoms with Crippen molar-refractivity contribution in [3.05, 3.63) is 35.9 Å². The summed E-state index contributed by atoms with van der Waals surface area (Å²) in [5.41, 5.74) is 13.0. The van der Waals surface area contributed by atoms with Crippen LogP contribution >= 0.6 is 12.4 Å². The Balaban J connectivity index is 0.00000243. The van der Waals surface area contributed by atoms with Gasteiger partial charge in [-0.1, -0.05) is 30.3 Å². The number of rotatable bonds is 4. The van der Waals surface area contributed by atoms with E-state index in [0.29, 0.717) is 25.9 Å². The molecule has 2 aliphatic rings. The molecule has 0 radical (unpaired) electrons. The van der Waals surface area contributed by atoms with Gasteiger partial charge in [-0.25, -0.2) is 0 Å². The molecule has 2 heterocycles. The molecule has 1 aromatic carbocycles. The molecule has 7 heteroatoms. The van der Waals surface area contributed by atoms with Crippen LogP contribution in [0.2, 0.25) is 0 Å². The Morgan fingerprint density at radius 3 is 2.31 bits per heavy atom. The number of hydrogen-bond donors (Lipinski definition) is 2. The molecule has 2 amide bonds.